The Bertz CT molecular complexity index is 1060. The third kappa shape index (κ3) is 8.70. The predicted molar refractivity (Wildman–Crippen MR) is 144 cm³/mol. The first-order valence-electron chi connectivity index (χ1n) is 11.4. The molecule has 10 heteroatoms. The number of nitrogens with zero attached hydrogens (tertiary/aromatic N) is 1. The Hall–Kier alpha value is -2.29. The average Bonchev–Trinajstić information content (AvgIpc) is 2.79. The van der Waals surface area contributed by atoms with Gasteiger partial charge in [-0.05, 0) is 71.1 Å². The first-order chi connectivity index (χ1) is 16.7. The van der Waals surface area contributed by atoms with Crippen LogP contribution >= 0.6 is 39.1 Å². The second-order valence-corrected chi connectivity index (χ2v) is 9.72. The fourth-order valence-electron chi connectivity index (χ4n) is 3.05. The van der Waals surface area contributed by atoms with Crippen molar-refractivity contribution in [2.45, 2.75) is 46.6 Å². The van der Waals surface area contributed by atoms with Crippen LogP contribution in [0.4, 0.5) is 0 Å². The van der Waals surface area contributed by atoms with Gasteiger partial charge < -0.3 is 14.8 Å². The summed E-state index contributed by atoms with van der Waals surface area (Å²) in [4.78, 5) is 25.4. The molecule has 1 unspecified atom stereocenters. The van der Waals surface area contributed by atoms with Gasteiger partial charge in [0.25, 0.3) is 11.8 Å². The molecule has 0 fully saturated rings. The maximum atomic E-state index is 12.8. The van der Waals surface area contributed by atoms with Crippen molar-refractivity contribution in [3.05, 3.63) is 56.0 Å². The number of unbranched alkanes of at least 4 members (excludes halogenated alkanes) is 1. The van der Waals surface area contributed by atoms with Crippen LogP contribution in [0.25, 0.3) is 0 Å². The van der Waals surface area contributed by atoms with Crippen LogP contribution in [0.15, 0.2) is 39.9 Å². The van der Waals surface area contributed by atoms with Gasteiger partial charge in [0.2, 0.25) is 0 Å². The molecule has 2 amide bonds. The molecule has 0 heterocycles. The quantitative estimate of drug-likeness (QED) is 0.175. The molecule has 0 saturated carbocycles. The van der Waals surface area contributed by atoms with E-state index in [1.54, 1.807) is 12.1 Å². The van der Waals surface area contributed by atoms with E-state index in [2.05, 4.69) is 38.7 Å². The van der Waals surface area contributed by atoms with E-state index in [1.165, 1.54) is 18.3 Å². The van der Waals surface area contributed by atoms with Crippen LogP contribution in [-0.2, 0) is 4.79 Å². The van der Waals surface area contributed by atoms with Crippen molar-refractivity contribution in [2.24, 2.45) is 11.0 Å². The summed E-state index contributed by atoms with van der Waals surface area (Å²) < 4.78 is 12.3. The lowest BCUT2D eigenvalue weighted by molar-refractivity contribution is -0.123. The molecule has 2 aromatic rings. The van der Waals surface area contributed by atoms with Gasteiger partial charge in [0, 0.05) is 5.02 Å². The number of halogens is 3. The summed E-state index contributed by atoms with van der Waals surface area (Å²) >= 11 is 15.5. The first kappa shape index (κ1) is 28.9. The zero-order valence-electron chi connectivity index (χ0n) is 20.2. The highest BCUT2D eigenvalue weighted by Crippen LogP contribution is 2.36. The van der Waals surface area contributed by atoms with E-state index in [1.807, 2.05) is 26.8 Å². The molecule has 1 atom stereocenters. The Morgan fingerprint density at radius 1 is 1.14 bits per heavy atom. The highest BCUT2D eigenvalue weighted by Gasteiger charge is 2.25. The molecule has 2 rings (SSSR count). The van der Waals surface area contributed by atoms with Gasteiger partial charge in [-0.1, -0.05) is 50.4 Å². The fourth-order valence-corrected chi connectivity index (χ4v) is 4.12. The standard InChI is InChI=1S/C25H30BrCl2N3O4/c1-5-7-10-35-23-19(26)11-16(12-21(23)34-6-2)14-29-31-25(33)22(15(3)4)30-24(32)18-9-8-17(27)13-20(18)28/h8-9,11-15,22H,5-7,10H2,1-4H3,(H,30,32)(H,31,33). The minimum absolute atomic E-state index is 0.196. The zero-order chi connectivity index (χ0) is 26.0. The summed E-state index contributed by atoms with van der Waals surface area (Å²) in [6.07, 6.45) is 3.46. The Kier molecular flexibility index (Phi) is 11.8. The molecule has 0 radical (unpaired) electrons. The predicted octanol–water partition coefficient (Wildman–Crippen LogP) is 6.24. The van der Waals surface area contributed by atoms with Crippen molar-refractivity contribution in [2.75, 3.05) is 13.2 Å². The summed E-state index contributed by atoms with van der Waals surface area (Å²) in [5, 5.41) is 7.39. The number of hydrazone groups is 1. The Morgan fingerprint density at radius 3 is 2.51 bits per heavy atom. The number of carbonyl (C=O) groups is 2. The largest absolute Gasteiger partial charge is 0.490 e. The average molecular weight is 587 g/mol. The molecule has 0 aliphatic heterocycles. The summed E-state index contributed by atoms with van der Waals surface area (Å²) in [6.45, 7) is 8.69. The van der Waals surface area contributed by atoms with Crippen LogP contribution in [0, 0.1) is 5.92 Å². The highest BCUT2D eigenvalue weighted by molar-refractivity contribution is 9.10. The van der Waals surface area contributed by atoms with Crippen LogP contribution in [0.5, 0.6) is 11.5 Å². The zero-order valence-corrected chi connectivity index (χ0v) is 23.3. The van der Waals surface area contributed by atoms with Crippen molar-refractivity contribution < 1.29 is 19.1 Å². The van der Waals surface area contributed by atoms with Crippen molar-refractivity contribution in [1.29, 1.82) is 0 Å². The van der Waals surface area contributed by atoms with Gasteiger partial charge in [0.05, 0.1) is 34.5 Å². The fraction of sp³-hybridized carbons (Fsp3) is 0.400. The molecule has 35 heavy (non-hydrogen) atoms. The SMILES string of the molecule is CCCCOc1c(Br)cc(C=NNC(=O)C(NC(=O)c2ccc(Cl)cc2Cl)C(C)C)cc1OCC. The minimum atomic E-state index is -0.827. The number of ether oxygens (including phenoxy) is 2. The van der Waals surface area contributed by atoms with Crippen LogP contribution in [-0.4, -0.2) is 37.3 Å². The van der Waals surface area contributed by atoms with Crippen LogP contribution in [0.2, 0.25) is 10.0 Å². The Morgan fingerprint density at radius 2 is 1.89 bits per heavy atom. The molecular formula is C25H30BrCl2N3O4. The van der Waals surface area contributed by atoms with E-state index in [9.17, 15) is 9.59 Å². The van der Waals surface area contributed by atoms with Crippen LogP contribution in [0.1, 0.15) is 56.5 Å². The van der Waals surface area contributed by atoms with Gasteiger partial charge in [-0.3, -0.25) is 9.59 Å². The topological polar surface area (TPSA) is 89.0 Å². The molecule has 0 aromatic heterocycles. The first-order valence-corrected chi connectivity index (χ1v) is 12.9. The number of nitrogens with one attached hydrogen (secondary N) is 2. The number of rotatable bonds is 12. The Labute approximate surface area is 224 Å². The molecule has 0 aliphatic carbocycles. The third-order valence-corrected chi connectivity index (χ3v) is 6.01. The van der Waals surface area contributed by atoms with E-state index in [-0.39, 0.29) is 16.5 Å². The maximum Gasteiger partial charge on any atom is 0.262 e. The molecule has 0 saturated heterocycles. The maximum absolute atomic E-state index is 12.8. The normalized spacial score (nSPS) is 12.0. The summed E-state index contributed by atoms with van der Waals surface area (Å²) in [7, 11) is 0. The van der Waals surface area contributed by atoms with Gasteiger partial charge in [-0.2, -0.15) is 5.10 Å². The Balaban J connectivity index is 2.11. The number of hydrogen-bond donors (Lipinski definition) is 2. The van der Waals surface area contributed by atoms with E-state index < -0.39 is 17.9 Å². The summed E-state index contributed by atoms with van der Waals surface area (Å²) in [5.41, 5.74) is 3.42. The second-order valence-electron chi connectivity index (χ2n) is 8.02. The van der Waals surface area contributed by atoms with Gasteiger partial charge >= 0.3 is 0 Å². The molecule has 7 nitrogen and oxygen atoms in total. The smallest absolute Gasteiger partial charge is 0.262 e. The van der Waals surface area contributed by atoms with Gasteiger partial charge in [-0.25, -0.2) is 5.43 Å². The molecule has 190 valence electrons. The van der Waals surface area contributed by atoms with E-state index in [0.29, 0.717) is 35.3 Å². The van der Waals surface area contributed by atoms with Crippen LogP contribution < -0.4 is 20.2 Å². The summed E-state index contributed by atoms with van der Waals surface area (Å²) in [6, 6.07) is 7.33. The van der Waals surface area contributed by atoms with Gasteiger partial charge in [0.15, 0.2) is 11.5 Å². The molecule has 2 aromatic carbocycles. The van der Waals surface area contributed by atoms with Gasteiger partial charge in [-0.15, -0.1) is 0 Å². The van der Waals surface area contributed by atoms with E-state index >= 15 is 0 Å². The van der Waals surface area contributed by atoms with Crippen molar-refractivity contribution in [3.63, 3.8) is 0 Å². The lowest BCUT2D eigenvalue weighted by Crippen LogP contribution is -2.48. The number of benzene rings is 2. The number of amides is 2. The molecule has 0 spiro atoms. The van der Waals surface area contributed by atoms with Crippen molar-refractivity contribution in [1.82, 2.24) is 10.7 Å². The van der Waals surface area contributed by atoms with Crippen LogP contribution in [0.3, 0.4) is 0 Å². The summed E-state index contributed by atoms with van der Waals surface area (Å²) in [5.74, 6) is 0.0769. The lowest BCUT2D eigenvalue weighted by Gasteiger charge is -2.20. The lowest BCUT2D eigenvalue weighted by atomic mass is 10.0. The number of carbonyl (C=O) groups excluding carboxylic acids is 2. The number of hydrogen-bond acceptors (Lipinski definition) is 5. The molecule has 0 bridgehead atoms. The van der Waals surface area contributed by atoms with E-state index in [4.69, 9.17) is 32.7 Å². The molecule has 2 N–H and O–H groups in total. The van der Waals surface area contributed by atoms with Crippen molar-refractivity contribution in [3.8, 4) is 11.5 Å². The third-order valence-electron chi connectivity index (χ3n) is 4.88. The monoisotopic (exact) mass is 585 g/mol. The molecular weight excluding hydrogens is 557 g/mol. The molecule has 0 aliphatic rings. The minimum Gasteiger partial charge on any atom is -0.490 e. The second kappa shape index (κ2) is 14.3. The van der Waals surface area contributed by atoms with Crippen molar-refractivity contribution >= 4 is 57.2 Å². The van der Waals surface area contributed by atoms with Gasteiger partial charge in [0.1, 0.15) is 6.04 Å². The van der Waals surface area contributed by atoms with E-state index in [0.717, 1.165) is 17.3 Å². The highest BCUT2D eigenvalue weighted by atomic mass is 79.9.